The van der Waals surface area contributed by atoms with Crippen molar-refractivity contribution in [1.82, 2.24) is 10.2 Å². The lowest BCUT2D eigenvalue weighted by Gasteiger charge is -2.37. The Morgan fingerprint density at radius 1 is 1.44 bits per heavy atom. The number of amides is 1. The van der Waals surface area contributed by atoms with Gasteiger partial charge in [0.2, 0.25) is 5.91 Å². The van der Waals surface area contributed by atoms with Gasteiger partial charge in [0.1, 0.15) is 0 Å². The third kappa shape index (κ3) is 3.66. The Labute approximate surface area is 109 Å². The Balaban J connectivity index is 2.61. The van der Waals surface area contributed by atoms with E-state index in [0.717, 1.165) is 0 Å². The zero-order valence-corrected chi connectivity index (χ0v) is 12.1. The van der Waals surface area contributed by atoms with E-state index in [1.165, 1.54) is 0 Å². The Morgan fingerprint density at radius 2 is 1.94 bits per heavy atom. The van der Waals surface area contributed by atoms with Crippen LogP contribution in [-0.2, 0) is 14.6 Å². The predicted octanol–water partition coefficient (Wildman–Crippen LogP) is -1.04. The van der Waals surface area contributed by atoms with E-state index < -0.39 is 15.4 Å². The van der Waals surface area contributed by atoms with E-state index in [4.69, 9.17) is 5.73 Å². The first kappa shape index (κ1) is 15.4. The molecule has 6 nitrogen and oxygen atoms in total. The molecule has 1 rings (SSSR count). The molecule has 0 aromatic heterocycles. The van der Waals surface area contributed by atoms with E-state index in [0.29, 0.717) is 19.5 Å². The molecule has 18 heavy (non-hydrogen) atoms. The molecule has 1 amide bonds. The summed E-state index contributed by atoms with van der Waals surface area (Å²) in [5.74, 6) is 0.00966. The number of nitrogens with one attached hydrogen (secondary N) is 1. The second-order valence-corrected chi connectivity index (χ2v) is 7.49. The number of hydrogen-bond donors (Lipinski definition) is 2. The van der Waals surface area contributed by atoms with Crippen LogP contribution >= 0.6 is 0 Å². The summed E-state index contributed by atoms with van der Waals surface area (Å²) in [4.78, 5) is 13.5. The SMILES string of the molecule is CNC(C)(CC(C)N1CCS(=O)(=O)CC1)C(N)=O. The smallest absolute Gasteiger partial charge is 0.237 e. The average Bonchev–Trinajstić information content (AvgIpc) is 2.28. The van der Waals surface area contributed by atoms with Gasteiger partial charge in [0.25, 0.3) is 0 Å². The molecule has 1 saturated heterocycles. The van der Waals surface area contributed by atoms with Crippen LogP contribution in [0.25, 0.3) is 0 Å². The third-order valence-corrected chi connectivity index (χ3v) is 5.41. The molecule has 3 N–H and O–H groups in total. The molecule has 0 aromatic rings. The monoisotopic (exact) mass is 277 g/mol. The van der Waals surface area contributed by atoms with Gasteiger partial charge in [-0.15, -0.1) is 0 Å². The summed E-state index contributed by atoms with van der Waals surface area (Å²) in [5, 5.41) is 2.94. The molecule has 1 aliphatic rings. The normalized spacial score (nSPS) is 25.3. The van der Waals surface area contributed by atoms with Crippen LogP contribution in [0.2, 0.25) is 0 Å². The number of carbonyl (C=O) groups excluding carboxylic acids is 1. The van der Waals surface area contributed by atoms with Crippen LogP contribution in [0.3, 0.4) is 0 Å². The molecule has 7 heteroatoms. The van der Waals surface area contributed by atoms with E-state index in [1.807, 2.05) is 6.92 Å². The van der Waals surface area contributed by atoms with Crippen LogP contribution in [0.4, 0.5) is 0 Å². The van der Waals surface area contributed by atoms with Crippen LogP contribution in [0.5, 0.6) is 0 Å². The minimum Gasteiger partial charge on any atom is -0.368 e. The van der Waals surface area contributed by atoms with Crippen molar-refractivity contribution in [2.24, 2.45) is 5.73 Å². The molecule has 0 saturated carbocycles. The van der Waals surface area contributed by atoms with Crippen LogP contribution in [-0.4, -0.2) is 62.4 Å². The number of sulfone groups is 1. The van der Waals surface area contributed by atoms with Crippen molar-refractivity contribution in [1.29, 1.82) is 0 Å². The fourth-order valence-electron chi connectivity index (χ4n) is 2.21. The Kier molecular flexibility index (Phi) is 4.74. The lowest BCUT2D eigenvalue weighted by Crippen LogP contribution is -2.56. The number of rotatable bonds is 5. The molecule has 0 aromatic carbocycles. The van der Waals surface area contributed by atoms with Crippen LogP contribution in [0.15, 0.2) is 0 Å². The van der Waals surface area contributed by atoms with Crippen molar-refractivity contribution >= 4 is 15.7 Å². The van der Waals surface area contributed by atoms with Crippen LogP contribution < -0.4 is 11.1 Å². The van der Waals surface area contributed by atoms with Gasteiger partial charge in [-0.1, -0.05) is 0 Å². The molecule has 106 valence electrons. The molecule has 0 radical (unpaired) electrons. The summed E-state index contributed by atoms with van der Waals surface area (Å²) in [6.07, 6.45) is 0.568. The lowest BCUT2D eigenvalue weighted by atomic mass is 9.92. The highest BCUT2D eigenvalue weighted by Gasteiger charge is 2.34. The highest BCUT2D eigenvalue weighted by Crippen LogP contribution is 2.17. The molecule has 1 heterocycles. The zero-order valence-electron chi connectivity index (χ0n) is 11.3. The van der Waals surface area contributed by atoms with Gasteiger partial charge in [-0.25, -0.2) is 8.42 Å². The first-order valence-electron chi connectivity index (χ1n) is 6.13. The summed E-state index contributed by atoms with van der Waals surface area (Å²) >= 11 is 0. The van der Waals surface area contributed by atoms with Gasteiger partial charge in [-0.3, -0.25) is 9.69 Å². The molecule has 2 unspecified atom stereocenters. The molecular weight excluding hydrogens is 254 g/mol. The Morgan fingerprint density at radius 3 is 2.33 bits per heavy atom. The fraction of sp³-hybridized carbons (Fsp3) is 0.909. The molecule has 1 aliphatic heterocycles. The van der Waals surface area contributed by atoms with Crippen molar-refractivity contribution in [3.8, 4) is 0 Å². The summed E-state index contributed by atoms with van der Waals surface area (Å²) in [6, 6.07) is 0.116. The lowest BCUT2D eigenvalue weighted by molar-refractivity contribution is -0.124. The van der Waals surface area contributed by atoms with E-state index in [1.54, 1.807) is 14.0 Å². The number of primary amides is 1. The largest absolute Gasteiger partial charge is 0.368 e. The van der Waals surface area contributed by atoms with Crippen LogP contribution in [0.1, 0.15) is 20.3 Å². The van der Waals surface area contributed by atoms with Crippen molar-refractivity contribution in [2.45, 2.75) is 31.8 Å². The van der Waals surface area contributed by atoms with Crippen molar-refractivity contribution in [2.75, 3.05) is 31.6 Å². The maximum absolute atomic E-state index is 11.4. The second kappa shape index (κ2) is 5.54. The van der Waals surface area contributed by atoms with Gasteiger partial charge in [0.05, 0.1) is 17.0 Å². The number of nitrogens with zero attached hydrogens (tertiary/aromatic N) is 1. The number of nitrogens with two attached hydrogens (primary N) is 1. The van der Waals surface area contributed by atoms with Gasteiger partial charge in [-0.2, -0.15) is 0 Å². The molecule has 2 atom stereocenters. The van der Waals surface area contributed by atoms with Crippen molar-refractivity contribution in [3.05, 3.63) is 0 Å². The highest BCUT2D eigenvalue weighted by molar-refractivity contribution is 7.91. The van der Waals surface area contributed by atoms with E-state index in [-0.39, 0.29) is 23.5 Å². The summed E-state index contributed by atoms with van der Waals surface area (Å²) < 4.78 is 22.7. The standard InChI is InChI=1S/C11H23N3O3S/c1-9(8-11(2,13-3)10(12)15)14-4-6-18(16,17)7-5-14/h9,13H,4-8H2,1-3H3,(H2,12,15). The molecule has 0 spiro atoms. The Hall–Kier alpha value is -0.660. The topological polar surface area (TPSA) is 92.5 Å². The van der Waals surface area contributed by atoms with E-state index >= 15 is 0 Å². The minimum absolute atomic E-state index is 0.116. The minimum atomic E-state index is -2.86. The molecule has 0 aliphatic carbocycles. The predicted molar refractivity (Wildman–Crippen MR) is 71.0 cm³/mol. The third-order valence-electron chi connectivity index (χ3n) is 3.80. The number of hydrogen-bond acceptors (Lipinski definition) is 5. The van der Waals surface area contributed by atoms with Gasteiger partial charge < -0.3 is 11.1 Å². The van der Waals surface area contributed by atoms with Crippen LogP contribution in [0, 0.1) is 0 Å². The highest BCUT2D eigenvalue weighted by atomic mass is 32.2. The number of carbonyl (C=O) groups is 1. The zero-order chi connectivity index (χ0) is 14.0. The van der Waals surface area contributed by atoms with Gasteiger partial charge in [0.15, 0.2) is 9.84 Å². The van der Waals surface area contributed by atoms with E-state index in [9.17, 15) is 13.2 Å². The molecule has 1 fully saturated rings. The van der Waals surface area contributed by atoms with Gasteiger partial charge >= 0.3 is 0 Å². The molecular formula is C11H23N3O3S. The second-order valence-electron chi connectivity index (χ2n) is 5.19. The first-order chi connectivity index (χ1) is 8.20. The maximum atomic E-state index is 11.4. The summed E-state index contributed by atoms with van der Waals surface area (Å²) in [7, 11) is -1.16. The molecule has 0 bridgehead atoms. The average molecular weight is 277 g/mol. The van der Waals surface area contributed by atoms with Gasteiger partial charge in [0, 0.05) is 19.1 Å². The summed E-state index contributed by atoms with van der Waals surface area (Å²) in [6.45, 7) is 4.83. The van der Waals surface area contributed by atoms with Crippen molar-refractivity contribution in [3.63, 3.8) is 0 Å². The fourth-order valence-corrected chi connectivity index (χ4v) is 3.44. The quantitative estimate of drug-likeness (QED) is 0.669. The maximum Gasteiger partial charge on any atom is 0.237 e. The van der Waals surface area contributed by atoms with Gasteiger partial charge in [-0.05, 0) is 27.3 Å². The van der Waals surface area contributed by atoms with E-state index in [2.05, 4.69) is 10.2 Å². The number of likely N-dealkylation sites (N-methyl/N-ethyl adjacent to an activating group) is 1. The first-order valence-corrected chi connectivity index (χ1v) is 7.95. The Bertz CT molecular complexity index is 396. The summed E-state index contributed by atoms with van der Waals surface area (Å²) in [5.41, 5.74) is 4.63. The van der Waals surface area contributed by atoms with Crippen molar-refractivity contribution < 1.29 is 13.2 Å².